The Bertz CT molecular complexity index is 583. The molecular formula is C15H20F2N2O2S. The molecule has 22 heavy (non-hydrogen) atoms. The van der Waals surface area contributed by atoms with Crippen molar-refractivity contribution < 1.29 is 18.1 Å². The summed E-state index contributed by atoms with van der Waals surface area (Å²) in [6.07, 6.45) is -2.67. The van der Waals surface area contributed by atoms with E-state index in [1.54, 1.807) is 27.7 Å². The van der Waals surface area contributed by atoms with Crippen molar-refractivity contribution in [3.8, 4) is 0 Å². The second kappa shape index (κ2) is 7.19. The molecular weight excluding hydrogens is 310 g/mol. The third kappa shape index (κ3) is 5.38. The normalized spacial score (nSPS) is 14.1. The summed E-state index contributed by atoms with van der Waals surface area (Å²) in [4.78, 5) is 11.1. The average Bonchev–Trinajstić information content (AvgIpc) is 2.36. The minimum absolute atomic E-state index is 0.225. The quantitative estimate of drug-likeness (QED) is 0.673. The summed E-state index contributed by atoms with van der Waals surface area (Å²) in [5, 5.41) is 2.48. The highest BCUT2D eigenvalue weighted by Crippen LogP contribution is 2.25. The molecule has 0 saturated heterocycles. The molecule has 1 N–H and O–H groups in total. The van der Waals surface area contributed by atoms with Gasteiger partial charge in [0.05, 0.1) is 5.71 Å². The van der Waals surface area contributed by atoms with E-state index >= 15 is 0 Å². The first kappa shape index (κ1) is 18.6. The predicted molar refractivity (Wildman–Crippen MR) is 85.8 cm³/mol. The van der Waals surface area contributed by atoms with E-state index in [1.165, 1.54) is 25.1 Å². The Morgan fingerprint density at radius 1 is 1.27 bits per heavy atom. The van der Waals surface area contributed by atoms with Crippen molar-refractivity contribution in [3.05, 3.63) is 29.3 Å². The van der Waals surface area contributed by atoms with Gasteiger partial charge in [-0.2, -0.15) is 0 Å². The van der Waals surface area contributed by atoms with Crippen molar-refractivity contribution in [2.75, 3.05) is 5.32 Å². The summed E-state index contributed by atoms with van der Waals surface area (Å²) in [7, 11) is 0. The van der Waals surface area contributed by atoms with E-state index in [-0.39, 0.29) is 17.2 Å². The van der Waals surface area contributed by atoms with Crippen molar-refractivity contribution in [2.45, 2.75) is 45.8 Å². The Balaban J connectivity index is 3.24. The summed E-state index contributed by atoms with van der Waals surface area (Å²) in [6.45, 7) is 8.23. The fourth-order valence-corrected chi connectivity index (χ4v) is 2.20. The fourth-order valence-electron chi connectivity index (χ4n) is 1.58. The number of carbonyl (C=O) groups is 1. The molecule has 0 aromatic heterocycles. The molecule has 7 heteroatoms. The molecule has 0 aliphatic carbocycles. The molecule has 0 fully saturated rings. The summed E-state index contributed by atoms with van der Waals surface area (Å²) in [5.74, 6) is -0.356. The third-order valence-electron chi connectivity index (χ3n) is 2.69. The Kier molecular flexibility index (Phi) is 6.08. The topological polar surface area (TPSA) is 64.5 Å². The zero-order valence-electron chi connectivity index (χ0n) is 13.2. The molecule has 1 aromatic carbocycles. The number of rotatable bonds is 4. The van der Waals surface area contributed by atoms with Crippen LogP contribution in [0.15, 0.2) is 22.6 Å². The van der Waals surface area contributed by atoms with E-state index < -0.39 is 22.5 Å². The Morgan fingerprint density at radius 2 is 1.86 bits per heavy atom. The van der Waals surface area contributed by atoms with Gasteiger partial charge in [-0.25, -0.2) is 8.78 Å². The van der Waals surface area contributed by atoms with Gasteiger partial charge >= 0.3 is 0 Å². The van der Waals surface area contributed by atoms with Gasteiger partial charge in [-0.1, -0.05) is 4.40 Å². The zero-order valence-corrected chi connectivity index (χ0v) is 14.1. The molecule has 1 atom stereocenters. The second-order valence-electron chi connectivity index (χ2n) is 5.86. The maximum absolute atomic E-state index is 13.0. The number of nitrogens with zero attached hydrogens (tertiary/aromatic N) is 1. The average molecular weight is 330 g/mol. The highest BCUT2D eigenvalue weighted by molar-refractivity contribution is 7.91. The molecule has 0 heterocycles. The van der Waals surface area contributed by atoms with E-state index in [0.29, 0.717) is 11.3 Å². The molecule has 122 valence electrons. The van der Waals surface area contributed by atoms with Crippen LogP contribution in [0.3, 0.4) is 0 Å². The van der Waals surface area contributed by atoms with Crippen molar-refractivity contribution in [1.82, 2.24) is 0 Å². The largest absolute Gasteiger partial charge is 0.591 e. The lowest BCUT2D eigenvalue weighted by molar-refractivity contribution is -0.114. The number of hydrogen-bond acceptors (Lipinski definition) is 3. The maximum Gasteiger partial charge on any atom is 0.263 e. The standard InChI is InChI=1S/C15H20F2N2O2S/c1-9(19-22(21)15(3,4)5)11-6-12(14(16)17)8-13(7-11)18-10(2)20/h6-8,14H,1-5H3,(H,18,20)/t22-/m1/s1. The summed E-state index contributed by atoms with van der Waals surface area (Å²) < 4.78 is 41.5. The molecule has 1 aromatic rings. The second-order valence-corrected chi connectivity index (χ2v) is 7.77. The molecule has 0 aliphatic heterocycles. The number of amides is 1. The van der Waals surface area contributed by atoms with Crippen LogP contribution < -0.4 is 5.32 Å². The first-order valence-electron chi connectivity index (χ1n) is 6.69. The summed E-state index contributed by atoms with van der Waals surface area (Å²) in [5.41, 5.74) is 0.815. The van der Waals surface area contributed by atoms with Gasteiger partial charge in [0, 0.05) is 23.7 Å². The van der Waals surface area contributed by atoms with Gasteiger partial charge in [0.25, 0.3) is 6.43 Å². The van der Waals surface area contributed by atoms with Crippen LogP contribution in [0.2, 0.25) is 0 Å². The first-order valence-corrected chi connectivity index (χ1v) is 7.79. The van der Waals surface area contributed by atoms with Crippen LogP contribution in [0, 0.1) is 0 Å². The Hall–Kier alpha value is -1.47. The maximum atomic E-state index is 13.0. The zero-order chi connectivity index (χ0) is 17.1. The number of carbonyl (C=O) groups excluding carboxylic acids is 1. The minimum atomic E-state index is -2.67. The lowest BCUT2D eigenvalue weighted by atomic mass is 10.1. The van der Waals surface area contributed by atoms with Gasteiger partial charge < -0.3 is 9.87 Å². The number of alkyl halides is 2. The van der Waals surface area contributed by atoms with Gasteiger partial charge in [-0.15, -0.1) is 0 Å². The monoisotopic (exact) mass is 330 g/mol. The molecule has 0 unspecified atom stereocenters. The molecule has 4 nitrogen and oxygen atoms in total. The fraction of sp³-hybridized carbons (Fsp3) is 0.467. The highest BCUT2D eigenvalue weighted by atomic mass is 32.2. The Labute approximate surface area is 132 Å². The lowest BCUT2D eigenvalue weighted by Gasteiger charge is -2.19. The summed E-state index contributed by atoms with van der Waals surface area (Å²) in [6, 6.07) is 4.03. The van der Waals surface area contributed by atoms with Gasteiger partial charge in [0.2, 0.25) is 5.91 Å². The highest BCUT2D eigenvalue weighted by Gasteiger charge is 2.27. The smallest absolute Gasteiger partial charge is 0.263 e. The number of benzene rings is 1. The molecule has 1 amide bonds. The van der Waals surface area contributed by atoms with Crippen LogP contribution in [0.4, 0.5) is 14.5 Å². The minimum Gasteiger partial charge on any atom is -0.591 e. The molecule has 0 radical (unpaired) electrons. The van der Waals surface area contributed by atoms with Crippen LogP contribution >= 0.6 is 0 Å². The SMILES string of the molecule is CC(=O)Nc1cc(C(C)=N[S@+]([O-])C(C)(C)C)cc(C(F)F)c1. The van der Waals surface area contributed by atoms with Gasteiger partial charge in [0.15, 0.2) is 0 Å². The van der Waals surface area contributed by atoms with Crippen LogP contribution in [0.5, 0.6) is 0 Å². The van der Waals surface area contributed by atoms with Crippen molar-refractivity contribution >= 4 is 28.7 Å². The molecule has 1 rings (SSSR count). The van der Waals surface area contributed by atoms with E-state index in [9.17, 15) is 18.1 Å². The van der Waals surface area contributed by atoms with Gasteiger partial charge in [-0.3, -0.25) is 4.79 Å². The molecule has 0 bridgehead atoms. The number of nitrogens with one attached hydrogen (secondary N) is 1. The van der Waals surface area contributed by atoms with Gasteiger partial charge in [-0.05, 0) is 45.9 Å². The molecule has 0 aliphatic rings. The summed E-state index contributed by atoms with van der Waals surface area (Å²) >= 11 is -1.49. The van der Waals surface area contributed by atoms with Crippen LogP contribution in [-0.4, -0.2) is 20.9 Å². The third-order valence-corrected chi connectivity index (χ3v) is 4.18. The van der Waals surface area contributed by atoms with E-state index in [1.807, 2.05) is 0 Å². The van der Waals surface area contributed by atoms with Crippen molar-refractivity contribution in [1.29, 1.82) is 0 Å². The van der Waals surface area contributed by atoms with Crippen LogP contribution in [-0.2, 0) is 16.2 Å². The van der Waals surface area contributed by atoms with E-state index in [0.717, 1.165) is 0 Å². The lowest BCUT2D eigenvalue weighted by Crippen LogP contribution is -2.26. The van der Waals surface area contributed by atoms with Crippen LogP contribution in [0.1, 0.15) is 52.2 Å². The predicted octanol–water partition coefficient (Wildman–Crippen LogP) is 3.85. The van der Waals surface area contributed by atoms with E-state index in [2.05, 4.69) is 9.71 Å². The van der Waals surface area contributed by atoms with Crippen molar-refractivity contribution in [2.24, 2.45) is 4.40 Å². The van der Waals surface area contributed by atoms with E-state index in [4.69, 9.17) is 0 Å². The first-order chi connectivity index (χ1) is 10.0. The number of anilines is 1. The molecule has 0 saturated carbocycles. The number of hydrogen-bond donors (Lipinski definition) is 1. The number of halogens is 2. The van der Waals surface area contributed by atoms with Crippen molar-refractivity contribution in [3.63, 3.8) is 0 Å². The van der Waals surface area contributed by atoms with Gasteiger partial charge in [0.1, 0.15) is 16.1 Å². The molecule has 0 spiro atoms. The Morgan fingerprint density at radius 3 is 2.32 bits per heavy atom. The van der Waals surface area contributed by atoms with Crippen LogP contribution in [0.25, 0.3) is 0 Å².